The monoisotopic (exact) mass is 444 g/mol. The van der Waals surface area contributed by atoms with Crippen LogP contribution in [0.25, 0.3) is 0 Å². The molecule has 0 radical (unpaired) electrons. The third kappa shape index (κ3) is 4.82. The van der Waals surface area contributed by atoms with Crippen molar-refractivity contribution >= 4 is 23.2 Å². The lowest BCUT2D eigenvalue weighted by atomic mass is 10.0. The maximum atomic E-state index is 10.6. The van der Waals surface area contributed by atoms with Gasteiger partial charge in [-0.3, -0.25) is 5.43 Å². The van der Waals surface area contributed by atoms with E-state index in [1.54, 1.807) is 18.2 Å². The summed E-state index contributed by atoms with van der Waals surface area (Å²) in [5, 5.41) is 11.7. The Bertz CT molecular complexity index is 1030. The number of hydrazine groups is 1. The van der Waals surface area contributed by atoms with Gasteiger partial charge in [-0.05, 0) is 43.3 Å². The van der Waals surface area contributed by atoms with Crippen LogP contribution >= 0.6 is 23.2 Å². The summed E-state index contributed by atoms with van der Waals surface area (Å²) in [5.41, 5.74) is 9.01. The van der Waals surface area contributed by atoms with Crippen molar-refractivity contribution in [2.24, 2.45) is 0 Å². The quantitative estimate of drug-likeness (QED) is 0.488. The largest absolute Gasteiger partial charge is 0.507 e. The van der Waals surface area contributed by atoms with Crippen molar-refractivity contribution in [3.8, 4) is 17.2 Å². The molecule has 30 heavy (non-hydrogen) atoms. The van der Waals surface area contributed by atoms with Gasteiger partial charge in [0, 0.05) is 33.8 Å². The summed E-state index contributed by atoms with van der Waals surface area (Å²) < 4.78 is 11.9. The lowest BCUT2D eigenvalue weighted by Crippen LogP contribution is -2.28. The predicted molar refractivity (Wildman–Crippen MR) is 118 cm³/mol. The molecule has 0 saturated carbocycles. The maximum absolute atomic E-state index is 10.6. The molecule has 0 aliphatic carbocycles. The van der Waals surface area contributed by atoms with Crippen molar-refractivity contribution in [2.75, 3.05) is 6.54 Å². The summed E-state index contributed by atoms with van der Waals surface area (Å²) in [6.07, 6.45) is -0.168. The summed E-state index contributed by atoms with van der Waals surface area (Å²) >= 11 is 12.1. The normalized spacial score (nSPS) is 18.4. The molecule has 3 aromatic rings. The first-order chi connectivity index (χ1) is 14.5. The van der Waals surface area contributed by atoms with Gasteiger partial charge in [-0.25, -0.2) is 5.43 Å². The van der Waals surface area contributed by atoms with E-state index in [9.17, 15) is 5.11 Å². The first kappa shape index (κ1) is 20.8. The Hall–Kier alpha value is -2.44. The number of halogens is 2. The number of rotatable bonds is 6. The summed E-state index contributed by atoms with van der Waals surface area (Å²) in [4.78, 5) is 0. The first-order valence-corrected chi connectivity index (χ1v) is 10.4. The molecule has 3 aromatic carbocycles. The number of benzene rings is 3. The number of aromatic hydroxyl groups is 1. The number of phenolic OH excluding ortho intramolecular Hbond substituents is 1. The molecule has 1 aliphatic heterocycles. The van der Waals surface area contributed by atoms with Crippen LogP contribution in [0.15, 0.2) is 60.7 Å². The molecule has 3 N–H and O–H groups in total. The van der Waals surface area contributed by atoms with E-state index >= 15 is 0 Å². The van der Waals surface area contributed by atoms with E-state index in [1.807, 2.05) is 49.4 Å². The van der Waals surface area contributed by atoms with E-state index in [0.29, 0.717) is 22.3 Å². The Morgan fingerprint density at radius 1 is 1.00 bits per heavy atom. The summed E-state index contributed by atoms with van der Waals surface area (Å²) in [6.45, 7) is 2.93. The fourth-order valence-electron chi connectivity index (χ4n) is 3.34. The highest BCUT2D eigenvalue weighted by atomic mass is 35.5. The summed E-state index contributed by atoms with van der Waals surface area (Å²) in [6, 6.07) is 18.2. The van der Waals surface area contributed by atoms with Crippen LogP contribution in [0.1, 0.15) is 22.7 Å². The van der Waals surface area contributed by atoms with E-state index in [-0.39, 0.29) is 24.5 Å². The topological polar surface area (TPSA) is 62.8 Å². The van der Waals surface area contributed by atoms with Crippen LogP contribution in [0.5, 0.6) is 17.2 Å². The van der Waals surface area contributed by atoms with Crippen LogP contribution in [0.2, 0.25) is 10.0 Å². The molecule has 0 spiro atoms. The molecule has 0 aromatic heterocycles. The van der Waals surface area contributed by atoms with Crippen molar-refractivity contribution in [3.63, 3.8) is 0 Å². The van der Waals surface area contributed by atoms with Crippen LogP contribution in [-0.2, 0) is 6.61 Å². The molecule has 0 amide bonds. The summed E-state index contributed by atoms with van der Waals surface area (Å²) in [5.74, 6) is 1.47. The second kappa shape index (κ2) is 9.14. The van der Waals surface area contributed by atoms with E-state index in [2.05, 4.69) is 10.9 Å². The highest BCUT2D eigenvalue weighted by molar-refractivity contribution is 6.35. The molecule has 0 bridgehead atoms. The van der Waals surface area contributed by atoms with Gasteiger partial charge in [0.1, 0.15) is 30.0 Å². The molecule has 1 fully saturated rings. The Kier molecular flexibility index (Phi) is 6.35. The van der Waals surface area contributed by atoms with Crippen molar-refractivity contribution < 1.29 is 14.6 Å². The van der Waals surface area contributed by atoms with Gasteiger partial charge in [-0.2, -0.15) is 0 Å². The highest BCUT2D eigenvalue weighted by Crippen LogP contribution is 2.33. The van der Waals surface area contributed by atoms with Crippen LogP contribution in [0.3, 0.4) is 0 Å². The van der Waals surface area contributed by atoms with Crippen LogP contribution in [0, 0.1) is 6.92 Å². The Balaban J connectivity index is 1.44. The van der Waals surface area contributed by atoms with Gasteiger partial charge in [0.05, 0.1) is 6.04 Å². The Labute approximate surface area is 185 Å². The molecule has 2 atom stereocenters. The van der Waals surface area contributed by atoms with Crippen LogP contribution in [0.4, 0.5) is 0 Å². The number of ether oxygens (including phenoxy) is 2. The zero-order chi connectivity index (χ0) is 21.1. The minimum absolute atomic E-state index is 0.133. The van der Waals surface area contributed by atoms with Crippen LogP contribution in [-0.4, -0.2) is 17.8 Å². The fourth-order valence-corrected chi connectivity index (χ4v) is 3.80. The average Bonchev–Trinajstić information content (AvgIpc) is 3.17. The molecular weight excluding hydrogens is 423 g/mol. The summed E-state index contributed by atoms with van der Waals surface area (Å²) in [7, 11) is 0. The predicted octanol–water partition coefficient (Wildman–Crippen LogP) is 5.18. The molecular formula is C23H22Cl2N2O3. The van der Waals surface area contributed by atoms with Crippen molar-refractivity contribution in [2.45, 2.75) is 25.7 Å². The third-order valence-corrected chi connectivity index (χ3v) is 5.57. The zero-order valence-corrected chi connectivity index (χ0v) is 17.9. The second-order valence-electron chi connectivity index (χ2n) is 7.22. The second-order valence-corrected chi connectivity index (χ2v) is 8.06. The zero-order valence-electron chi connectivity index (χ0n) is 16.4. The van der Waals surface area contributed by atoms with Crippen molar-refractivity contribution in [3.05, 3.63) is 87.4 Å². The molecule has 5 nitrogen and oxygen atoms in total. The Morgan fingerprint density at radius 2 is 1.77 bits per heavy atom. The lowest BCUT2D eigenvalue weighted by molar-refractivity contribution is 0.195. The smallest absolute Gasteiger partial charge is 0.133 e. The van der Waals surface area contributed by atoms with E-state index in [1.165, 1.54) is 5.56 Å². The highest BCUT2D eigenvalue weighted by Gasteiger charge is 2.32. The molecule has 1 aliphatic rings. The van der Waals surface area contributed by atoms with E-state index in [0.717, 1.165) is 16.9 Å². The van der Waals surface area contributed by atoms with Gasteiger partial charge in [0.2, 0.25) is 0 Å². The number of hydrogen-bond donors (Lipinski definition) is 3. The fraction of sp³-hybridized carbons (Fsp3) is 0.217. The van der Waals surface area contributed by atoms with Crippen molar-refractivity contribution in [1.82, 2.24) is 10.9 Å². The van der Waals surface area contributed by atoms with E-state index in [4.69, 9.17) is 32.7 Å². The SMILES string of the molecule is Cc1ccc(OC2CNNC2c2ccc(OCc3ccc(Cl)cc3Cl)cc2O)cc1. The van der Waals surface area contributed by atoms with Gasteiger partial charge in [-0.1, -0.05) is 47.0 Å². The van der Waals surface area contributed by atoms with Crippen LogP contribution < -0.4 is 20.3 Å². The molecule has 7 heteroatoms. The molecule has 2 unspecified atom stereocenters. The molecule has 1 heterocycles. The Morgan fingerprint density at radius 3 is 2.50 bits per heavy atom. The van der Waals surface area contributed by atoms with Gasteiger partial charge < -0.3 is 14.6 Å². The molecule has 1 saturated heterocycles. The molecule has 156 valence electrons. The van der Waals surface area contributed by atoms with Gasteiger partial charge in [0.15, 0.2) is 0 Å². The number of phenols is 1. The number of aryl methyl sites for hydroxylation is 1. The molecule has 4 rings (SSSR count). The number of nitrogens with one attached hydrogen (secondary N) is 2. The third-order valence-electron chi connectivity index (χ3n) is 4.99. The van der Waals surface area contributed by atoms with Crippen molar-refractivity contribution in [1.29, 1.82) is 0 Å². The average molecular weight is 445 g/mol. The standard InChI is InChI=1S/C23H22Cl2N2O3/c1-14-2-6-17(7-3-14)30-22-12-26-27-23(22)19-9-8-18(11-21(19)28)29-13-15-4-5-16(24)10-20(15)25/h2-11,22-23,26-28H,12-13H2,1H3. The van der Waals surface area contributed by atoms with E-state index < -0.39 is 0 Å². The lowest BCUT2D eigenvalue weighted by Gasteiger charge is -2.21. The van der Waals surface area contributed by atoms with Gasteiger partial charge >= 0.3 is 0 Å². The maximum Gasteiger partial charge on any atom is 0.133 e. The number of hydrogen-bond acceptors (Lipinski definition) is 5. The minimum Gasteiger partial charge on any atom is -0.507 e. The first-order valence-electron chi connectivity index (χ1n) is 9.61. The van der Waals surface area contributed by atoms with Gasteiger partial charge in [0.25, 0.3) is 0 Å². The minimum atomic E-state index is -0.203. The van der Waals surface area contributed by atoms with Gasteiger partial charge in [-0.15, -0.1) is 0 Å².